The SMILES string of the molecule is CC1(C(=O)NCCc2c[nH]c3ccccc23)CCCS1. The van der Waals surface area contributed by atoms with E-state index in [0.29, 0.717) is 6.54 Å². The molecule has 1 aromatic heterocycles. The molecule has 0 spiro atoms. The predicted octanol–water partition coefficient (Wildman–Crippen LogP) is 3.11. The van der Waals surface area contributed by atoms with Crippen LogP contribution in [0.2, 0.25) is 0 Å². The number of carbonyl (C=O) groups is 1. The van der Waals surface area contributed by atoms with Crippen LogP contribution in [0.1, 0.15) is 25.3 Å². The maximum Gasteiger partial charge on any atom is 0.235 e. The van der Waals surface area contributed by atoms with Gasteiger partial charge in [-0.2, -0.15) is 0 Å². The summed E-state index contributed by atoms with van der Waals surface area (Å²) in [7, 11) is 0. The van der Waals surface area contributed by atoms with E-state index >= 15 is 0 Å². The molecule has 0 bridgehead atoms. The zero-order valence-corrected chi connectivity index (χ0v) is 12.6. The number of carbonyl (C=O) groups excluding carboxylic acids is 1. The topological polar surface area (TPSA) is 44.9 Å². The number of aromatic amines is 1. The van der Waals surface area contributed by atoms with Crippen molar-refractivity contribution in [3.05, 3.63) is 36.0 Å². The van der Waals surface area contributed by atoms with Crippen molar-refractivity contribution in [1.82, 2.24) is 10.3 Å². The van der Waals surface area contributed by atoms with Crippen molar-refractivity contribution < 1.29 is 4.79 Å². The number of para-hydroxylation sites is 1. The van der Waals surface area contributed by atoms with Crippen molar-refractivity contribution >= 4 is 28.6 Å². The van der Waals surface area contributed by atoms with Gasteiger partial charge in [-0.25, -0.2) is 0 Å². The smallest absolute Gasteiger partial charge is 0.235 e. The third-order valence-corrected chi connectivity index (χ3v) is 5.57. The Morgan fingerprint density at radius 1 is 1.45 bits per heavy atom. The molecule has 1 aromatic carbocycles. The lowest BCUT2D eigenvalue weighted by Crippen LogP contribution is -2.41. The van der Waals surface area contributed by atoms with Gasteiger partial charge in [0.2, 0.25) is 5.91 Å². The van der Waals surface area contributed by atoms with Gasteiger partial charge in [0, 0.05) is 23.6 Å². The molecule has 0 aliphatic carbocycles. The first-order chi connectivity index (χ1) is 9.69. The minimum absolute atomic E-state index is 0.194. The number of hydrogen-bond acceptors (Lipinski definition) is 2. The van der Waals surface area contributed by atoms with Crippen molar-refractivity contribution in [3.8, 4) is 0 Å². The van der Waals surface area contributed by atoms with E-state index in [0.717, 1.165) is 30.5 Å². The number of H-pyrrole nitrogens is 1. The molecular formula is C16H20N2OS. The van der Waals surface area contributed by atoms with Gasteiger partial charge in [-0.15, -0.1) is 11.8 Å². The molecule has 1 aliphatic rings. The molecule has 1 amide bonds. The van der Waals surface area contributed by atoms with Crippen molar-refractivity contribution in [2.75, 3.05) is 12.3 Å². The summed E-state index contributed by atoms with van der Waals surface area (Å²) in [4.78, 5) is 15.5. The van der Waals surface area contributed by atoms with Crippen LogP contribution in [0.25, 0.3) is 10.9 Å². The molecule has 1 unspecified atom stereocenters. The van der Waals surface area contributed by atoms with Crippen LogP contribution in [0.5, 0.6) is 0 Å². The highest BCUT2D eigenvalue weighted by atomic mass is 32.2. The number of fused-ring (bicyclic) bond motifs is 1. The summed E-state index contributed by atoms with van der Waals surface area (Å²) >= 11 is 1.79. The van der Waals surface area contributed by atoms with Crippen molar-refractivity contribution in [1.29, 1.82) is 0 Å². The van der Waals surface area contributed by atoms with Gasteiger partial charge in [0.25, 0.3) is 0 Å². The van der Waals surface area contributed by atoms with Gasteiger partial charge in [0.1, 0.15) is 0 Å². The van der Waals surface area contributed by atoms with Gasteiger partial charge in [-0.05, 0) is 43.6 Å². The first-order valence-electron chi connectivity index (χ1n) is 7.16. The molecule has 1 saturated heterocycles. The van der Waals surface area contributed by atoms with E-state index < -0.39 is 0 Å². The molecule has 20 heavy (non-hydrogen) atoms. The highest BCUT2D eigenvalue weighted by Crippen LogP contribution is 2.37. The third-order valence-electron chi connectivity index (χ3n) is 4.05. The average Bonchev–Trinajstić information content (AvgIpc) is 3.07. The first kappa shape index (κ1) is 13.6. The quantitative estimate of drug-likeness (QED) is 0.908. The summed E-state index contributed by atoms with van der Waals surface area (Å²) in [6, 6.07) is 8.28. The summed E-state index contributed by atoms with van der Waals surface area (Å²) in [5, 5.41) is 4.35. The Morgan fingerprint density at radius 3 is 3.10 bits per heavy atom. The first-order valence-corrected chi connectivity index (χ1v) is 8.15. The van der Waals surface area contributed by atoms with E-state index in [4.69, 9.17) is 0 Å². The molecule has 1 aliphatic heterocycles. The second kappa shape index (κ2) is 5.52. The highest BCUT2D eigenvalue weighted by Gasteiger charge is 2.36. The summed E-state index contributed by atoms with van der Waals surface area (Å²) in [6.45, 7) is 2.77. The van der Waals surface area contributed by atoms with Crippen LogP contribution in [0, 0.1) is 0 Å². The summed E-state index contributed by atoms with van der Waals surface area (Å²) in [5.41, 5.74) is 2.43. The average molecular weight is 288 g/mol. The summed E-state index contributed by atoms with van der Waals surface area (Å²) in [6.07, 6.45) is 5.06. The zero-order chi connectivity index (χ0) is 14.0. The Hall–Kier alpha value is -1.42. The van der Waals surface area contributed by atoms with Crippen LogP contribution in [0.15, 0.2) is 30.5 Å². The number of benzene rings is 1. The van der Waals surface area contributed by atoms with Gasteiger partial charge < -0.3 is 10.3 Å². The maximum atomic E-state index is 12.2. The fourth-order valence-electron chi connectivity index (χ4n) is 2.79. The van der Waals surface area contributed by atoms with E-state index in [1.54, 1.807) is 11.8 Å². The Labute approximate surface area is 123 Å². The minimum atomic E-state index is -0.208. The molecule has 2 heterocycles. The highest BCUT2D eigenvalue weighted by molar-refractivity contribution is 8.01. The van der Waals surface area contributed by atoms with Crippen LogP contribution >= 0.6 is 11.8 Å². The van der Waals surface area contributed by atoms with Crippen LogP contribution in [-0.2, 0) is 11.2 Å². The molecule has 2 aromatic rings. The van der Waals surface area contributed by atoms with Crippen LogP contribution < -0.4 is 5.32 Å². The second-order valence-electron chi connectivity index (χ2n) is 5.55. The van der Waals surface area contributed by atoms with E-state index in [2.05, 4.69) is 35.4 Å². The largest absolute Gasteiger partial charge is 0.361 e. The second-order valence-corrected chi connectivity index (χ2v) is 7.15. The van der Waals surface area contributed by atoms with E-state index in [1.807, 2.05) is 12.3 Å². The standard InChI is InChI=1S/C16H20N2OS/c1-16(8-4-10-20-16)15(19)17-9-7-12-11-18-14-6-3-2-5-13(12)14/h2-3,5-6,11,18H,4,7-10H2,1H3,(H,17,19). The normalized spacial score (nSPS) is 22.2. The van der Waals surface area contributed by atoms with E-state index in [-0.39, 0.29) is 10.7 Å². The third kappa shape index (κ3) is 2.57. The number of amides is 1. The van der Waals surface area contributed by atoms with Gasteiger partial charge >= 0.3 is 0 Å². The lowest BCUT2D eigenvalue weighted by Gasteiger charge is -2.21. The zero-order valence-electron chi connectivity index (χ0n) is 11.7. The number of thioether (sulfide) groups is 1. The van der Waals surface area contributed by atoms with Gasteiger partial charge in [0.05, 0.1) is 4.75 Å². The molecule has 2 N–H and O–H groups in total. The Balaban J connectivity index is 1.59. The number of hydrogen-bond donors (Lipinski definition) is 2. The summed E-state index contributed by atoms with van der Waals surface area (Å²) < 4.78 is -0.208. The van der Waals surface area contributed by atoms with Crippen molar-refractivity contribution in [2.45, 2.75) is 30.9 Å². The van der Waals surface area contributed by atoms with Gasteiger partial charge in [-0.1, -0.05) is 18.2 Å². The monoisotopic (exact) mass is 288 g/mol. The molecule has 3 rings (SSSR count). The molecule has 4 heteroatoms. The molecular weight excluding hydrogens is 268 g/mol. The Bertz CT molecular complexity index is 614. The van der Waals surface area contributed by atoms with E-state index in [1.165, 1.54) is 10.9 Å². The molecule has 0 saturated carbocycles. The van der Waals surface area contributed by atoms with Gasteiger partial charge in [0.15, 0.2) is 0 Å². The number of rotatable bonds is 4. The number of nitrogens with one attached hydrogen (secondary N) is 2. The summed E-state index contributed by atoms with van der Waals surface area (Å²) in [5.74, 6) is 1.30. The fourth-order valence-corrected chi connectivity index (χ4v) is 4.03. The predicted molar refractivity (Wildman–Crippen MR) is 85.1 cm³/mol. The molecule has 1 fully saturated rings. The van der Waals surface area contributed by atoms with Crippen LogP contribution in [-0.4, -0.2) is 27.9 Å². The molecule has 106 valence electrons. The lowest BCUT2D eigenvalue weighted by atomic mass is 10.0. The maximum absolute atomic E-state index is 12.2. The van der Waals surface area contributed by atoms with E-state index in [9.17, 15) is 4.79 Å². The van der Waals surface area contributed by atoms with Crippen LogP contribution in [0.3, 0.4) is 0 Å². The Kier molecular flexibility index (Phi) is 3.74. The molecule has 3 nitrogen and oxygen atoms in total. The van der Waals surface area contributed by atoms with Crippen molar-refractivity contribution in [2.24, 2.45) is 0 Å². The fraction of sp³-hybridized carbons (Fsp3) is 0.438. The lowest BCUT2D eigenvalue weighted by molar-refractivity contribution is -0.123. The molecule has 1 atom stereocenters. The minimum Gasteiger partial charge on any atom is -0.361 e. The van der Waals surface area contributed by atoms with Crippen molar-refractivity contribution in [3.63, 3.8) is 0 Å². The van der Waals surface area contributed by atoms with Gasteiger partial charge in [-0.3, -0.25) is 4.79 Å². The Morgan fingerprint density at radius 2 is 2.30 bits per heavy atom. The molecule has 0 radical (unpaired) electrons. The number of aromatic nitrogens is 1. The van der Waals surface area contributed by atoms with Crippen LogP contribution in [0.4, 0.5) is 0 Å².